The average molecular weight is 303 g/mol. The van der Waals surface area contributed by atoms with Crippen molar-refractivity contribution < 1.29 is 13.6 Å². The van der Waals surface area contributed by atoms with E-state index in [-0.39, 0.29) is 17.5 Å². The van der Waals surface area contributed by atoms with Crippen LogP contribution in [-0.4, -0.2) is 36.1 Å². The minimum absolute atomic E-state index is 0.0718. The zero-order chi connectivity index (χ0) is 14.9. The lowest BCUT2D eigenvalue weighted by Crippen LogP contribution is -2.45. The van der Waals surface area contributed by atoms with E-state index in [2.05, 4.69) is 0 Å². The maximum Gasteiger partial charge on any atom is 0.240 e. The largest absolute Gasteiger partial charge is 0.338 e. The topological polar surface area (TPSA) is 46.3 Å². The Kier molecular flexibility index (Phi) is 4.60. The molecule has 1 fully saturated rings. The van der Waals surface area contributed by atoms with Crippen LogP contribution in [0.3, 0.4) is 0 Å². The molecule has 0 spiro atoms. The van der Waals surface area contributed by atoms with E-state index in [1.165, 1.54) is 17.0 Å². The molecule has 1 aliphatic rings. The van der Waals surface area contributed by atoms with Crippen LogP contribution in [0.2, 0.25) is 5.02 Å². The zero-order valence-electron chi connectivity index (χ0n) is 11.2. The van der Waals surface area contributed by atoms with Crippen molar-refractivity contribution in [3.05, 3.63) is 34.6 Å². The molecular weight excluding hydrogens is 286 g/mol. The summed E-state index contributed by atoms with van der Waals surface area (Å²) in [5.74, 6) is -1.33. The minimum Gasteiger partial charge on any atom is -0.338 e. The van der Waals surface area contributed by atoms with E-state index in [9.17, 15) is 13.6 Å². The van der Waals surface area contributed by atoms with Gasteiger partial charge in [0, 0.05) is 17.5 Å². The van der Waals surface area contributed by atoms with Crippen LogP contribution >= 0.6 is 11.6 Å². The van der Waals surface area contributed by atoms with Gasteiger partial charge in [-0.1, -0.05) is 24.6 Å². The highest BCUT2D eigenvalue weighted by Crippen LogP contribution is 2.25. The number of carbonyl (C=O) groups is 1. The predicted molar refractivity (Wildman–Crippen MR) is 73.9 cm³/mol. The molecule has 0 aliphatic carbocycles. The molecule has 1 aromatic rings. The Morgan fingerprint density at radius 1 is 1.55 bits per heavy atom. The second-order valence-corrected chi connectivity index (χ2v) is 5.59. The lowest BCUT2D eigenvalue weighted by Gasteiger charge is -2.25. The normalized spacial score (nSPS) is 21.9. The van der Waals surface area contributed by atoms with E-state index < -0.39 is 23.9 Å². The number of likely N-dealkylation sites (tertiary alicyclic amines) is 1. The summed E-state index contributed by atoms with van der Waals surface area (Å²) < 4.78 is 27.0. The molecule has 110 valence electrons. The molecule has 0 unspecified atom stereocenters. The Labute approximate surface area is 121 Å². The predicted octanol–water partition coefficient (Wildman–Crippen LogP) is 2.48. The van der Waals surface area contributed by atoms with E-state index in [0.717, 1.165) is 0 Å². The van der Waals surface area contributed by atoms with Crippen LogP contribution in [-0.2, 0) is 4.79 Å². The number of carbonyl (C=O) groups excluding carboxylic acids is 1. The first-order chi connectivity index (χ1) is 9.40. The van der Waals surface area contributed by atoms with Crippen molar-refractivity contribution in [3.8, 4) is 0 Å². The Balaban J connectivity index is 2.11. The van der Waals surface area contributed by atoms with Gasteiger partial charge in [-0.2, -0.15) is 0 Å². The lowest BCUT2D eigenvalue weighted by molar-refractivity contribution is -0.132. The van der Waals surface area contributed by atoms with Gasteiger partial charge < -0.3 is 10.6 Å². The van der Waals surface area contributed by atoms with Crippen molar-refractivity contribution >= 4 is 17.5 Å². The highest BCUT2D eigenvalue weighted by molar-refractivity contribution is 6.30. The summed E-state index contributed by atoms with van der Waals surface area (Å²) in [6, 6.07) is 3.38. The highest BCUT2D eigenvalue weighted by Gasteiger charge is 2.32. The number of hydrogen-bond donors (Lipinski definition) is 1. The summed E-state index contributed by atoms with van der Waals surface area (Å²) in [5, 5.41) is 0.290. The number of alkyl halides is 1. The molecule has 3 nitrogen and oxygen atoms in total. The van der Waals surface area contributed by atoms with Crippen LogP contribution in [0.25, 0.3) is 0 Å². The number of nitrogens with zero attached hydrogens (tertiary/aromatic N) is 1. The third-order valence-electron chi connectivity index (χ3n) is 3.72. The lowest BCUT2D eigenvalue weighted by atomic mass is 9.92. The van der Waals surface area contributed by atoms with Crippen molar-refractivity contribution in [3.63, 3.8) is 0 Å². The van der Waals surface area contributed by atoms with Gasteiger partial charge in [0.1, 0.15) is 12.0 Å². The molecule has 20 heavy (non-hydrogen) atoms. The first-order valence-corrected chi connectivity index (χ1v) is 6.91. The first kappa shape index (κ1) is 15.2. The van der Waals surface area contributed by atoms with Crippen molar-refractivity contribution in [1.82, 2.24) is 4.90 Å². The van der Waals surface area contributed by atoms with Crippen LogP contribution in [0.1, 0.15) is 24.8 Å². The maximum atomic E-state index is 13.8. The maximum absolute atomic E-state index is 13.8. The summed E-state index contributed by atoms with van der Waals surface area (Å²) >= 11 is 5.70. The Hall–Kier alpha value is -1.20. The second kappa shape index (κ2) is 6.06. The third-order valence-corrected chi connectivity index (χ3v) is 3.95. The van der Waals surface area contributed by atoms with E-state index in [1.54, 1.807) is 13.0 Å². The number of hydrogen-bond acceptors (Lipinski definition) is 2. The standard InChI is InChI=1S/C14H17ClF2N2O/c1-8(11-3-2-9(15)6-12(11)17)13(18)14(20)19-5-4-10(16)7-19/h2-3,6,8,10,13H,4-5,7,18H2,1H3/t8-,10-,13-/m0/s1. The van der Waals surface area contributed by atoms with Crippen LogP contribution in [0.4, 0.5) is 8.78 Å². The molecule has 0 radical (unpaired) electrons. The summed E-state index contributed by atoms with van der Waals surface area (Å²) in [4.78, 5) is 13.6. The molecule has 1 saturated heterocycles. The van der Waals surface area contributed by atoms with E-state index in [1.807, 2.05) is 0 Å². The number of nitrogens with two attached hydrogens (primary N) is 1. The molecule has 1 aliphatic heterocycles. The molecule has 0 saturated carbocycles. The number of benzene rings is 1. The first-order valence-electron chi connectivity index (χ1n) is 6.53. The summed E-state index contributed by atoms with van der Waals surface area (Å²) in [6.07, 6.45) is -0.656. The monoisotopic (exact) mass is 302 g/mol. The van der Waals surface area contributed by atoms with Gasteiger partial charge in [-0.25, -0.2) is 8.78 Å². The van der Waals surface area contributed by atoms with Crippen molar-refractivity contribution in [2.45, 2.75) is 31.5 Å². The van der Waals surface area contributed by atoms with E-state index in [4.69, 9.17) is 17.3 Å². The van der Waals surface area contributed by atoms with Crippen LogP contribution in [0.15, 0.2) is 18.2 Å². The van der Waals surface area contributed by atoms with Crippen molar-refractivity contribution in [1.29, 1.82) is 0 Å². The quantitative estimate of drug-likeness (QED) is 0.932. The van der Waals surface area contributed by atoms with Gasteiger partial charge in [0.2, 0.25) is 5.91 Å². The highest BCUT2D eigenvalue weighted by atomic mass is 35.5. The van der Waals surface area contributed by atoms with Crippen LogP contribution < -0.4 is 5.73 Å². The zero-order valence-corrected chi connectivity index (χ0v) is 11.9. The molecule has 0 aromatic heterocycles. The minimum atomic E-state index is -0.992. The summed E-state index contributed by atoms with van der Waals surface area (Å²) in [7, 11) is 0. The Bertz CT molecular complexity index is 512. The number of halogens is 3. The van der Waals surface area contributed by atoms with Gasteiger partial charge in [0.05, 0.1) is 12.6 Å². The summed E-state index contributed by atoms with van der Waals surface area (Å²) in [6.45, 7) is 2.11. The molecule has 1 aromatic carbocycles. The molecule has 3 atom stereocenters. The van der Waals surface area contributed by atoms with Gasteiger partial charge >= 0.3 is 0 Å². The van der Waals surface area contributed by atoms with Gasteiger partial charge in [-0.3, -0.25) is 4.79 Å². The van der Waals surface area contributed by atoms with Crippen LogP contribution in [0.5, 0.6) is 0 Å². The van der Waals surface area contributed by atoms with E-state index >= 15 is 0 Å². The summed E-state index contributed by atoms with van der Waals surface area (Å²) in [5.41, 5.74) is 6.25. The average Bonchev–Trinajstić information content (AvgIpc) is 2.83. The van der Waals surface area contributed by atoms with Gasteiger partial charge in [0.15, 0.2) is 0 Å². The fourth-order valence-electron chi connectivity index (χ4n) is 2.41. The number of amides is 1. The Morgan fingerprint density at radius 2 is 2.25 bits per heavy atom. The molecule has 1 amide bonds. The van der Waals surface area contributed by atoms with Crippen LogP contribution in [0, 0.1) is 5.82 Å². The second-order valence-electron chi connectivity index (χ2n) is 5.15. The van der Waals surface area contributed by atoms with E-state index in [0.29, 0.717) is 18.5 Å². The molecule has 1 heterocycles. The van der Waals surface area contributed by atoms with Gasteiger partial charge in [-0.15, -0.1) is 0 Å². The fraction of sp³-hybridized carbons (Fsp3) is 0.500. The van der Waals surface area contributed by atoms with Gasteiger partial charge in [0.25, 0.3) is 0 Å². The molecule has 6 heteroatoms. The Morgan fingerprint density at radius 3 is 2.80 bits per heavy atom. The molecular formula is C14H17ClF2N2O. The number of rotatable bonds is 3. The molecule has 0 bridgehead atoms. The fourth-order valence-corrected chi connectivity index (χ4v) is 2.57. The third kappa shape index (κ3) is 3.10. The smallest absolute Gasteiger partial charge is 0.240 e. The molecule has 2 rings (SSSR count). The van der Waals surface area contributed by atoms with Crippen molar-refractivity contribution in [2.24, 2.45) is 5.73 Å². The van der Waals surface area contributed by atoms with Crippen molar-refractivity contribution in [2.75, 3.05) is 13.1 Å². The SMILES string of the molecule is C[C@@H](c1ccc(Cl)cc1F)[C@H](N)C(=O)N1CC[C@H](F)C1. The van der Waals surface area contributed by atoms with Gasteiger partial charge in [-0.05, 0) is 24.1 Å². The molecule has 2 N–H and O–H groups in total.